The minimum absolute atomic E-state index is 0.343. The Morgan fingerprint density at radius 1 is 1.35 bits per heavy atom. The standard InChI is InChI=1S/C14H22ClNO/c1-4-6-7-12(5-2)17-10-13-11(3)8-9-14(15)16-13/h8-9,12H,4-7,10H2,1-3H3/t12-/m1/s1. The van der Waals surface area contributed by atoms with Crippen molar-refractivity contribution in [3.05, 3.63) is 28.5 Å². The van der Waals surface area contributed by atoms with Crippen molar-refractivity contribution in [2.75, 3.05) is 0 Å². The van der Waals surface area contributed by atoms with Crippen LogP contribution in [0, 0.1) is 6.92 Å². The number of aromatic nitrogens is 1. The molecule has 17 heavy (non-hydrogen) atoms. The first kappa shape index (κ1) is 14.5. The van der Waals surface area contributed by atoms with Crippen LogP contribution >= 0.6 is 11.6 Å². The highest BCUT2D eigenvalue weighted by atomic mass is 35.5. The Kier molecular flexibility index (Phi) is 6.53. The van der Waals surface area contributed by atoms with Crippen molar-refractivity contribution in [3.8, 4) is 0 Å². The second-order valence-electron chi connectivity index (χ2n) is 4.38. The number of nitrogens with zero attached hydrogens (tertiary/aromatic N) is 1. The number of halogens is 1. The SMILES string of the molecule is CCCC[C@@H](CC)OCc1nc(Cl)ccc1C. The highest BCUT2D eigenvalue weighted by molar-refractivity contribution is 6.29. The van der Waals surface area contributed by atoms with Crippen molar-refractivity contribution in [2.45, 2.75) is 59.2 Å². The molecule has 0 spiro atoms. The lowest BCUT2D eigenvalue weighted by atomic mass is 10.1. The van der Waals surface area contributed by atoms with Gasteiger partial charge in [0.25, 0.3) is 0 Å². The van der Waals surface area contributed by atoms with Gasteiger partial charge < -0.3 is 4.74 Å². The molecule has 3 heteroatoms. The summed E-state index contributed by atoms with van der Waals surface area (Å²) in [6.45, 7) is 6.97. The average molecular weight is 256 g/mol. The molecular formula is C14H22ClNO. The van der Waals surface area contributed by atoms with E-state index in [4.69, 9.17) is 16.3 Å². The predicted molar refractivity (Wildman–Crippen MR) is 72.4 cm³/mol. The van der Waals surface area contributed by atoms with E-state index in [1.807, 2.05) is 19.1 Å². The van der Waals surface area contributed by atoms with E-state index in [-0.39, 0.29) is 0 Å². The van der Waals surface area contributed by atoms with E-state index in [0.29, 0.717) is 17.9 Å². The van der Waals surface area contributed by atoms with E-state index in [1.165, 1.54) is 12.8 Å². The van der Waals surface area contributed by atoms with Crippen LogP contribution in [0.1, 0.15) is 50.8 Å². The Morgan fingerprint density at radius 3 is 2.76 bits per heavy atom. The molecule has 0 aromatic carbocycles. The van der Waals surface area contributed by atoms with Gasteiger partial charge in [-0.15, -0.1) is 0 Å². The van der Waals surface area contributed by atoms with Crippen molar-refractivity contribution in [2.24, 2.45) is 0 Å². The van der Waals surface area contributed by atoms with Crippen LogP contribution in [0.15, 0.2) is 12.1 Å². The zero-order valence-electron chi connectivity index (χ0n) is 11.0. The highest BCUT2D eigenvalue weighted by Gasteiger charge is 2.08. The van der Waals surface area contributed by atoms with Crippen LogP contribution in [-0.2, 0) is 11.3 Å². The molecule has 0 amide bonds. The quantitative estimate of drug-likeness (QED) is 0.668. The number of aryl methyl sites for hydroxylation is 1. The van der Waals surface area contributed by atoms with Crippen LogP contribution in [0.3, 0.4) is 0 Å². The molecule has 1 rings (SSSR count). The maximum atomic E-state index is 5.89. The van der Waals surface area contributed by atoms with Gasteiger partial charge in [0.1, 0.15) is 5.15 Å². The molecule has 0 bridgehead atoms. The molecule has 0 saturated heterocycles. The largest absolute Gasteiger partial charge is 0.372 e. The van der Waals surface area contributed by atoms with Crippen LogP contribution < -0.4 is 0 Å². The lowest BCUT2D eigenvalue weighted by Gasteiger charge is -2.16. The summed E-state index contributed by atoms with van der Waals surface area (Å²) >= 11 is 5.88. The van der Waals surface area contributed by atoms with Gasteiger partial charge in [0.05, 0.1) is 18.4 Å². The monoisotopic (exact) mass is 255 g/mol. The minimum Gasteiger partial charge on any atom is -0.372 e. The van der Waals surface area contributed by atoms with Crippen molar-refractivity contribution >= 4 is 11.6 Å². The molecule has 0 radical (unpaired) electrons. The van der Waals surface area contributed by atoms with Crippen LogP contribution in [0.2, 0.25) is 5.15 Å². The molecule has 0 unspecified atom stereocenters. The Labute approximate surface area is 109 Å². The third kappa shape index (κ3) is 5.05. The second-order valence-corrected chi connectivity index (χ2v) is 4.77. The molecule has 0 fully saturated rings. The average Bonchev–Trinajstić information content (AvgIpc) is 2.33. The van der Waals surface area contributed by atoms with Crippen LogP contribution in [0.25, 0.3) is 0 Å². The molecular weight excluding hydrogens is 234 g/mol. The summed E-state index contributed by atoms with van der Waals surface area (Å²) in [6.07, 6.45) is 4.97. The van der Waals surface area contributed by atoms with E-state index < -0.39 is 0 Å². The van der Waals surface area contributed by atoms with Crippen LogP contribution in [0.4, 0.5) is 0 Å². The Hall–Kier alpha value is -0.600. The zero-order valence-corrected chi connectivity index (χ0v) is 11.8. The molecule has 1 aromatic heterocycles. The van der Waals surface area contributed by atoms with E-state index in [9.17, 15) is 0 Å². The molecule has 1 atom stereocenters. The van der Waals surface area contributed by atoms with Gasteiger partial charge in [0.15, 0.2) is 0 Å². The van der Waals surface area contributed by atoms with Gasteiger partial charge in [-0.2, -0.15) is 0 Å². The lowest BCUT2D eigenvalue weighted by Crippen LogP contribution is -2.12. The number of pyridine rings is 1. The van der Waals surface area contributed by atoms with Crippen molar-refractivity contribution < 1.29 is 4.74 Å². The lowest BCUT2D eigenvalue weighted by molar-refractivity contribution is 0.0292. The van der Waals surface area contributed by atoms with Crippen LogP contribution in [0.5, 0.6) is 0 Å². The predicted octanol–water partition coefficient (Wildman–Crippen LogP) is 4.53. The Morgan fingerprint density at radius 2 is 2.12 bits per heavy atom. The van der Waals surface area contributed by atoms with Gasteiger partial charge in [0.2, 0.25) is 0 Å². The van der Waals surface area contributed by atoms with E-state index in [0.717, 1.165) is 24.1 Å². The molecule has 2 nitrogen and oxygen atoms in total. The van der Waals surface area contributed by atoms with Crippen molar-refractivity contribution in [1.82, 2.24) is 4.98 Å². The Balaban J connectivity index is 2.50. The maximum Gasteiger partial charge on any atom is 0.129 e. The van der Waals surface area contributed by atoms with Gasteiger partial charge in [-0.05, 0) is 31.4 Å². The number of hydrogen-bond donors (Lipinski definition) is 0. The van der Waals surface area contributed by atoms with Gasteiger partial charge in [0, 0.05) is 0 Å². The zero-order chi connectivity index (χ0) is 12.7. The summed E-state index contributed by atoms with van der Waals surface area (Å²) in [7, 11) is 0. The summed E-state index contributed by atoms with van der Waals surface area (Å²) < 4.78 is 5.89. The van der Waals surface area contributed by atoms with Gasteiger partial charge >= 0.3 is 0 Å². The molecule has 1 aromatic rings. The number of hydrogen-bond acceptors (Lipinski definition) is 2. The van der Waals surface area contributed by atoms with Gasteiger partial charge in [-0.3, -0.25) is 0 Å². The maximum absolute atomic E-state index is 5.89. The summed E-state index contributed by atoms with van der Waals surface area (Å²) in [6, 6.07) is 3.80. The fraction of sp³-hybridized carbons (Fsp3) is 0.643. The van der Waals surface area contributed by atoms with Crippen molar-refractivity contribution in [3.63, 3.8) is 0 Å². The summed E-state index contributed by atoms with van der Waals surface area (Å²) in [5.74, 6) is 0. The normalized spacial score (nSPS) is 12.7. The molecule has 0 saturated carbocycles. The number of unbranched alkanes of at least 4 members (excludes halogenated alkanes) is 1. The fourth-order valence-electron chi connectivity index (χ4n) is 1.72. The van der Waals surface area contributed by atoms with E-state index in [2.05, 4.69) is 18.8 Å². The van der Waals surface area contributed by atoms with Gasteiger partial charge in [-0.1, -0.05) is 44.4 Å². The fourth-order valence-corrected chi connectivity index (χ4v) is 1.89. The van der Waals surface area contributed by atoms with E-state index >= 15 is 0 Å². The van der Waals surface area contributed by atoms with E-state index in [1.54, 1.807) is 0 Å². The number of ether oxygens (including phenoxy) is 1. The number of rotatable bonds is 7. The Bertz CT molecular complexity index is 341. The topological polar surface area (TPSA) is 22.1 Å². The smallest absolute Gasteiger partial charge is 0.129 e. The molecule has 0 aliphatic heterocycles. The third-order valence-electron chi connectivity index (χ3n) is 2.96. The first-order valence-corrected chi connectivity index (χ1v) is 6.78. The highest BCUT2D eigenvalue weighted by Crippen LogP contribution is 2.15. The molecule has 1 heterocycles. The summed E-state index contributed by atoms with van der Waals surface area (Å²) in [5, 5.41) is 0.538. The first-order valence-electron chi connectivity index (χ1n) is 6.41. The van der Waals surface area contributed by atoms with Crippen molar-refractivity contribution in [1.29, 1.82) is 0 Å². The molecule has 0 N–H and O–H groups in total. The summed E-state index contributed by atoms with van der Waals surface area (Å²) in [4.78, 5) is 4.30. The van der Waals surface area contributed by atoms with Crippen LogP contribution in [-0.4, -0.2) is 11.1 Å². The van der Waals surface area contributed by atoms with Gasteiger partial charge in [-0.25, -0.2) is 4.98 Å². The first-order chi connectivity index (χ1) is 8.17. The molecule has 96 valence electrons. The second kappa shape index (κ2) is 7.67. The summed E-state index contributed by atoms with van der Waals surface area (Å²) in [5.41, 5.74) is 2.09. The minimum atomic E-state index is 0.343. The molecule has 0 aliphatic rings. The third-order valence-corrected chi connectivity index (χ3v) is 3.17. The molecule has 0 aliphatic carbocycles.